The van der Waals surface area contributed by atoms with Crippen LogP contribution in [0.5, 0.6) is 0 Å². The van der Waals surface area contributed by atoms with Gasteiger partial charge in [0.05, 0.1) is 11.9 Å². The van der Waals surface area contributed by atoms with E-state index in [1.165, 1.54) is 33.0 Å². The summed E-state index contributed by atoms with van der Waals surface area (Å²) in [6.45, 7) is 5.65. The average molecular weight is 491 g/mol. The Bertz CT molecular complexity index is 1180. The Labute approximate surface area is 197 Å². The third-order valence-corrected chi connectivity index (χ3v) is 8.14. The number of nitrogens with one attached hydrogen (secondary N) is 1. The molecule has 1 aromatic heterocycles. The molecule has 3 aromatic rings. The third-order valence-electron chi connectivity index (χ3n) is 4.92. The van der Waals surface area contributed by atoms with Crippen molar-refractivity contribution < 1.29 is 13.2 Å². The molecule has 1 atom stereocenters. The Morgan fingerprint density at radius 1 is 1.12 bits per heavy atom. The Morgan fingerprint density at radius 3 is 2.47 bits per heavy atom. The maximum absolute atomic E-state index is 13.1. The van der Waals surface area contributed by atoms with Gasteiger partial charge in [0.1, 0.15) is 6.04 Å². The summed E-state index contributed by atoms with van der Waals surface area (Å²) < 4.78 is 27.2. The van der Waals surface area contributed by atoms with Gasteiger partial charge < -0.3 is 0 Å². The Balaban J connectivity index is 1.75. The van der Waals surface area contributed by atoms with Gasteiger partial charge in [0.15, 0.2) is 4.34 Å². The van der Waals surface area contributed by atoms with E-state index in [9.17, 15) is 13.2 Å². The predicted octanol–water partition coefficient (Wildman–Crippen LogP) is 4.63. The number of hydrogen-bond acceptors (Lipinski definition) is 7. The number of hydrogen-bond donors (Lipinski definition) is 1. The van der Waals surface area contributed by atoms with Crippen LogP contribution in [0.15, 0.2) is 52.9 Å². The standard InChI is InChI=1S/C22H26N4O3S3/c1-5-19(26(32(4,28)29)18-12-11-15(2)16(3)13-18)20(27)23-21-24-25-22(31-21)30-14-17-9-7-6-8-10-17/h6-13,19H,5,14H2,1-4H3,(H,23,24,27)/t19-/m0/s1. The van der Waals surface area contributed by atoms with Crippen molar-refractivity contribution in [3.8, 4) is 0 Å². The molecule has 0 saturated carbocycles. The fraction of sp³-hybridized carbons (Fsp3) is 0.318. The van der Waals surface area contributed by atoms with Crippen molar-refractivity contribution >= 4 is 49.8 Å². The van der Waals surface area contributed by atoms with Crippen LogP contribution in [-0.2, 0) is 20.6 Å². The fourth-order valence-electron chi connectivity index (χ4n) is 3.15. The predicted molar refractivity (Wildman–Crippen MR) is 132 cm³/mol. The van der Waals surface area contributed by atoms with Crippen molar-refractivity contribution in [2.24, 2.45) is 0 Å². The van der Waals surface area contributed by atoms with E-state index in [2.05, 4.69) is 15.5 Å². The lowest BCUT2D eigenvalue weighted by Gasteiger charge is -2.30. The molecule has 3 rings (SSSR count). The normalized spacial score (nSPS) is 12.4. The van der Waals surface area contributed by atoms with Crippen molar-refractivity contribution in [3.05, 3.63) is 65.2 Å². The topological polar surface area (TPSA) is 92.3 Å². The van der Waals surface area contributed by atoms with Crippen molar-refractivity contribution in [1.82, 2.24) is 10.2 Å². The highest BCUT2D eigenvalue weighted by Crippen LogP contribution is 2.29. The number of aryl methyl sites for hydroxylation is 2. The van der Waals surface area contributed by atoms with E-state index in [1.807, 2.05) is 50.2 Å². The number of benzene rings is 2. The number of thioether (sulfide) groups is 1. The smallest absolute Gasteiger partial charge is 0.250 e. The number of rotatable bonds is 9. The molecule has 0 bridgehead atoms. The highest BCUT2D eigenvalue weighted by molar-refractivity contribution is 8.00. The first-order chi connectivity index (χ1) is 15.2. The van der Waals surface area contributed by atoms with E-state index in [0.29, 0.717) is 17.2 Å². The minimum atomic E-state index is -3.69. The van der Waals surface area contributed by atoms with Crippen LogP contribution in [-0.4, -0.2) is 36.8 Å². The second-order valence-corrected chi connectivity index (χ2v) is 11.4. The molecule has 1 heterocycles. The molecule has 7 nitrogen and oxygen atoms in total. The van der Waals surface area contributed by atoms with E-state index in [0.717, 1.165) is 27.5 Å². The second-order valence-electron chi connectivity index (χ2n) is 7.39. The van der Waals surface area contributed by atoms with Crippen LogP contribution in [0.4, 0.5) is 10.8 Å². The van der Waals surface area contributed by atoms with Crippen LogP contribution < -0.4 is 9.62 Å². The van der Waals surface area contributed by atoms with Crippen molar-refractivity contribution in [2.75, 3.05) is 15.9 Å². The van der Waals surface area contributed by atoms with Crippen molar-refractivity contribution in [1.29, 1.82) is 0 Å². The summed E-state index contributed by atoms with van der Waals surface area (Å²) in [4.78, 5) is 13.1. The largest absolute Gasteiger partial charge is 0.299 e. The first-order valence-corrected chi connectivity index (χ1v) is 13.7. The Hall–Kier alpha value is -2.43. The average Bonchev–Trinajstić information content (AvgIpc) is 3.19. The third kappa shape index (κ3) is 6.08. The maximum atomic E-state index is 13.1. The van der Waals surface area contributed by atoms with Gasteiger partial charge in [-0.1, -0.05) is 66.4 Å². The number of aromatic nitrogens is 2. The molecule has 2 aromatic carbocycles. The molecule has 1 amide bonds. The molecule has 0 unspecified atom stereocenters. The molecule has 10 heteroatoms. The molecule has 0 aliphatic rings. The number of sulfonamides is 1. The molecule has 0 saturated heterocycles. The molecule has 32 heavy (non-hydrogen) atoms. The van der Waals surface area contributed by atoms with Gasteiger partial charge in [0.2, 0.25) is 21.1 Å². The Kier molecular flexibility index (Phi) is 7.91. The molecular formula is C22H26N4O3S3. The maximum Gasteiger partial charge on any atom is 0.250 e. The van der Waals surface area contributed by atoms with E-state index in [4.69, 9.17) is 0 Å². The van der Waals surface area contributed by atoms with Gasteiger partial charge in [0, 0.05) is 5.75 Å². The lowest BCUT2D eigenvalue weighted by Crippen LogP contribution is -2.47. The van der Waals surface area contributed by atoms with E-state index in [-0.39, 0.29) is 0 Å². The minimum Gasteiger partial charge on any atom is -0.299 e. The summed E-state index contributed by atoms with van der Waals surface area (Å²) in [5.74, 6) is 0.308. The van der Waals surface area contributed by atoms with Crippen LogP contribution in [0, 0.1) is 13.8 Å². The summed E-state index contributed by atoms with van der Waals surface area (Å²) in [5, 5.41) is 11.3. The van der Waals surface area contributed by atoms with Crippen LogP contribution in [0.1, 0.15) is 30.0 Å². The highest BCUT2D eigenvalue weighted by atomic mass is 32.2. The van der Waals surface area contributed by atoms with E-state index < -0.39 is 22.0 Å². The minimum absolute atomic E-state index is 0.306. The number of anilines is 2. The molecule has 0 aliphatic heterocycles. The zero-order chi connectivity index (χ0) is 23.3. The number of amides is 1. The molecule has 0 fully saturated rings. The van der Waals surface area contributed by atoms with Gasteiger partial charge >= 0.3 is 0 Å². The number of nitrogens with zero attached hydrogens (tertiary/aromatic N) is 3. The van der Waals surface area contributed by atoms with Crippen LogP contribution in [0.2, 0.25) is 0 Å². The van der Waals surface area contributed by atoms with Crippen molar-refractivity contribution in [2.45, 2.75) is 43.3 Å². The monoisotopic (exact) mass is 490 g/mol. The molecule has 1 N–H and O–H groups in total. The molecule has 0 aliphatic carbocycles. The van der Waals surface area contributed by atoms with Gasteiger partial charge in [-0.2, -0.15) is 0 Å². The summed E-state index contributed by atoms with van der Waals surface area (Å²) in [7, 11) is -3.69. The summed E-state index contributed by atoms with van der Waals surface area (Å²) in [5.41, 5.74) is 3.64. The van der Waals surface area contributed by atoms with Crippen LogP contribution in [0.25, 0.3) is 0 Å². The van der Waals surface area contributed by atoms with Gasteiger partial charge in [-0.05, 0) is 49.1 Å². The van der Waals surface area contributed by atoms with Crippen LogP contribution >= 0.6 is 23.1 Å². The summed E-state index contributed by atoms with van der Waals surface area (Å²) in [6.07, 6.45) is 1.42. The first-order valence-electron chi connectivity index (χ1n) is 10.1. The van der Waals surface area contributed by atoms with Gasteiger partial charge in [0.25, 0.3) is 0 Å². The molecule has 170 valence electrons. The van der Waals surface area contributed by atoms with Gasteiger partial charge in [-0.15, -0.1) is 10.2 Å². The number of carbonyl (C=O) groups is 1. The van der Waals surface area contributed by atoms with Crippen LogP contribution in [0.3, 0.4) is 0 Å². The lowest BCUT2D eigenvalue weighted by atomic mass is 10.1. The van der Waals surface area contributed by atoms with Crippen molar-refractivity contribution in [3.63, 3.8) is 0 Å². The number of carbonyl (C=O) groups excluding carboxylic acids is 1. The quantitative estimate of drug-likeness (QED) is 0.347. The van der Waals surface area contributed by atoms with Gasteiger partial charge in [-0.3, -0.25) is 14.4 Å². The van der Waals surface area contributed by atoms with Gasteiger partial charge in [-0.25, -0.2) is 8.42 Å². The second kappa shape index (κ2) is 10.5. The summed E-state index contributed by atoms with van der Waals surface area (Å²) in [6, 6.07) is 14.5. The fourth-order valence-corrected chi connectivity index (χ4v) is 6.06. The molecular weight excluding hydrogens is 464 g/mol. The van der Waals surface area contributed by atoms with E-state index in [1.54, 1.807) is 19.1 Å². The molecule has 0 radical (unpaired) electrons. The SMILES string of the molecule is CC[C@@H](C(=O)Nc1nnc(SCc2ccccc2)s1)N(c1ccc(C)c(C)c1)S(C)(=O)=O. The lowest BCUT2D eigenvalue weighted by molar-refractivity contribution is -0.117. The van der Waals surface area contributed by atoms with E-state index >= 15 is 0 Å². The first kappa shape index (κ1) is 24.2. The highest BCUT2D eigenvalue weighted by Gasteiger charge is 2.32. The Morgan fingerprint density at radius 2 is 1.84 bits per heavy atom. The summed E-state index contributed by atoms with van der Waals surface area (Å²) >= 11 is 2.80. The molecule has 0 spiro atoms. The zero-order valence-corrected chi connectivity index (χ0v) is 20.9. The zero-order valence-electron chi connectivity index (χ0n) is 18.4.